The van der Waals surface area contributed by atoms with E-state index in [9.17, 15) is 27.6 Å². The van der Waals surface area contributed by atoms with Crippen molar-refractivity contribution in [3.63, 3.8) is 0 Å². The van der Waals surface area contributed by atoms with Crippen molar-refractivity contribution in [2.45, 2.75) is 63.0 Å². The number of methoxy groups -OCH3 is 1. The number of hydrogen-bond donors (Lipinski definition) is 1. The molecule has 3 aliphatic rings. The van der Waals surface area contributed by atoms with E-state index in [0.717, 1.165) is 24.1 Å². The van der Waals surface area contributed by atoms with Crippen LogP contribution in [-0.4, -0.2) is 90.9 Å². The predicted molar refractivity (Wildman–Crippen MR) is 129 cm³/mol. The van der Waals surface area contributed by atoms with E-state index in [4.69, 9.17) is 4.74 Å². The summed E-state index contributed by atoms with van der Waals surface area (Å²) in [4.78, 5) is 43.6. The lowest BCUT2D eigenvalue weighted by Crippen LogP contribution is -2.49. The van der Waals surface area contributed by atoms with Gasteiger partial charge >= 0.3 is 12.1 Å². The molecule has 3 heterocycles. The third kappa shape index (κ3) is 6.26. The molecule has 11 heteroatoms. The molecule has 0 aromatic heterocycles. The van der Waals surface area contributed by atoms with E-state index in [1.54, 1.807) is 4.90 Å². The lowest BCUT2D eigenvalue weighted by Gasteiger charge is -2.34. The number of fused-ring (bicyclic) bond motifs is 1. The summed E-state index contributed by atoms with van der Waals surface area (Å²) in [5.74, 6) is -0.400. The van der Waals surface area contributed by atoms with Crippen molar-refractivity contribution >= 4 is 17.8 Å². The van der Waals surface area contributed by atoms with Gasteiger partial charge < -0.3 is 15.0 Å². The summed E-state index contributed by atoms with van der Waals surface area (Å²) < 4.78 is 43.5. The Morgan fingerprint density at radius 1 is 1.08 bits per heavy atom. The van der Waals surface area contributed by atoms with Gasteiger partial charge in [-0.2, -0.15) is 13.2 Å². The molecule has 1 N–H and O–H groups in total. The molecule has 37 heavy (non-hydrogen) atoms. The van der Waals surface area contributed by atoms with Gasteiger partial charge in [0.05, 0.1) is 18.6 Å². The minimum Gasteiger partial charge on any atom is -0.469 e. The molecule has 4 rings (SSSR count). The van der Waals surface area contributed by atoms with Crippen LogP contribution in [0.25, 0.3) is 0 Å². The number of likely N-dealkylation sites (N-methyl/N-ethyl adjacent to an activating group) is 1. The number of nitrogens with one attached hydrogen (secondary N) is 1. The molecule has 0 bridgehead atoms. The quantitative estimate of drug-likeness (QED) is 0.575. The molecule has 204 valence electrons. The molecule has 3 atom stereocenters. The Labute approximate surface area is 215 Å². The van der Waals surface area contributed by atoms with Crippen LogP contribution < -0.4 is 5.32 Å². The summed E-state index contributed by atoms with van der Waals surface area (Å²) in [5.41, 5.74) is 0.0409. The summed E-state index contributed by atoms with van der Waals surface area (Å²) in [7, 11) is 3.36. The number of benzene rings is 1. The van der Waals surface area contributed by atoms with Crippen LogP contribution in [-0.2, 0) is 31.8 Å². The average Bonchev–Trinajstić information content (AvgIpc) is 3.26. The smallest absolute Gasteiger partial charge is 0.416 e. The van der Waals surface area contributed by atoms with Gasteiger partial charge in [-0.25, -0.2) is 0 Å². The van der Waals surface area contributed by atoms with Crippen molar-refractivity contribution in [2.75, 3.05) is 40.3 Å². The summed E-state index contributed by atoms with van der Waals surface area (Å²) in [5, 5.41) is 3.02. The summed E-state index contributed by atoms with van der Waals surface area (Å²) >= 11 is 0. The van der Waals surface area contributed by atoms with Crippen molar-refractivity contribution in [3.05, 3.63) is 35.4 Å². The highest BCUT2D eigenvalue weighted by Gasteiger charge is 2.45. The molecule has 1 aromatic rings. The highest BCUT2D eigenvalue weighted by molar-refractivity contribution is 5.83. The molecule has 0 saturated carbocycles. The van der Waals surface area contributed by atoms with Gasteiger partial charge in [-0.1, -0.05) is 12.1 Å². The van der Waals surface area contributed by atoms with E-state index in [2.05, 4.69) is 10.2 Å². The second-order valence-electron chi connectivity index (χ2n) is 10.2. The molecule has 0 unspecified atom stereocenters. The first-order valence-electron chi connectivity index (χ1n) is 12.8. The van der Waals surface area contributed by atoms with Crippen LogP contribution in [0.4, 0.5) is 13.2 Å². The number of carbonyl (C=O) groups excluding carboxylic acids is 3. The summed E-state index contributed by atoms with van der Waals surface area (Å²) in [6, 6.07) is 4.66. The van der Waals surface area contributed by atoms with Crippen LogP contribution in [0.5, 0.6) is 0 Å². The number of carbonyl (C=O) groups is 3. The molecular formula is C26H35F3N4O4. The molecule has 1 aromatic carbocycles. The highest BCUT2D eigenvalue weighted by atomic mass is 19.4. The van der Waals surface area contributed by atoms with Crippen LogP contribution in [0.1, 0.15) is 43.2 Å². The standard InChI is InChI=1S/C26H35F3N4O4/c1-31-20(7-8-22(34)32-12-9-18(10-13-32)25(36)37-2)15-30-24(35)23-21(31)11-14-33(23)16-17-3-5-19(6-4-17)26(27,28)29/h3-6,18,20-21,23H,7-16H2,1-2H3,(H,30,35)/t20-,21-,23-/m0/s1. The van der Waals surface area contributed by atoms with Gasteiger partial charge in [-0.15, -0.1) is 0 Å². The van der Waals surface area contributed by atoms with Gasteiger partial charge in [0.2, 0.25) is 11.8 Å². The van der Waals surface area contributed by atoms with Gasteiger partial charge in [0.25, 0.3) is 0 Å². The van der Waals surface area contributed by atoms with Gasteiger partial charge in [-0.05, 0) is 50.4 Å². The Bertz CT molecular complexity index is 979. The zero-order chi connectivity index (χ0) is 26.7. The number of amides is 2. The Balaban J connectivity index is 1.32. The van der Waals surface area contributed by atoms with E-state index >= 15 is 0 Å². The van der Waals surface area contributed by atoms with Crippen molar-refractivity contribution in [3.8, 4) is 0 Å². The van der Waals surface area contributed by atoms with Crippen LogP contribution in [0.2, 0.25) is 0 Å². The fourth-order valence-electron chi connectivity index (χ4n) is 5.84. The van der Waals surface area contributed by atoms with Crippen molar-refractivity contribution in [1.82, 2.24) is 20.0 Å². The second kappa shape index (κ2) is 11.4. The van der Waals surface area contributed by atoms with E-state index in [1.807, 2.05) is 11.9 Å². The predicted octanol–water partition coefficient (Wildman–Crippen LogP) is 2.27. The van der Waals surface area contributed by atoms with Crippen molar-refractivity contribution in [2.24, 2.45) is 5.92 Å². The first-order valence-corrected chi connectivity index (χ1v) is 12.8. The number of likely N-dealkylation sites (tertiary alicyclic amines) is 2. The van der Waals surface area contributed by atoms with Crippen LogP contribution in [0.3, 0.4) is 0 Å². The van der Waals surface area contributed by atoms with Gasteiger partial charge in [0.15, 0.2) is 0 Å². The maximum Gasteiger partial charge on any atom is 0.416 e. The lowest BCUT2D eigenvalue weighted by atomic mass is 9.96. The molecule has 0 aliphatic carbocycles. The minimum atomic E-state index is -4.38. The topological polar surface area (TPSA) is 82.2 Å². The normalized spacial score (nSPS) is 25.9. The summed E-state index contributed by atoms with van der Waals surface area (Å²) in [6.07, 6.45) is -1.43. The Morgan fingerprint density at radius 2 is 1.76 bits per heavy atom. The van der Waals surface area contributed by atoms with Crippen LogP contribution in [0.15, 0.2) is 24.3 Å². The number of ether oxygens (including phenoxy) is 1. The Morgan fingerprint density at radius 3 is 2.38 bits per heavy atom. The van der Waals surface area contributed by atoms with Crippen LogP contribution in [0, 0.1) is 5.92 Å². The number of rotatable bonds is 6. The van der Waals surface area contributed by atoms with Gasteiger partial charge in [0, 0.05) is 51.2 Å². The Kier molecular flexibility index (Phi) is 8.42. The SMILES string of the molecule is COC(=O)C1CCN(C(=O)CC[C@H]2CNC(=O)[C@@H]3[C@H](CCN3Cc3ccc(C(F)(F)F)cc3)N2C)CC1. The van der Waals surface area contributed by atoms with Gasteiger partial charge in [0.1, 0.15) is 6.04 Å². The lowest BCUT2D eigenvalue weighted by molar-refractivity contribution is -0.149. The monoisotopic (exact) mass is 524 g/mol. The van der Waals surface area contributed by atoms with E-state index in [1.165, 1.54) is 19.2 Å². The molecule has 0 radical (unpaired) electrons. The molecular weight excluding hydrogens is 489 g/mol. The van der Waals surface area contributed by atoms with Crippen molar-refractivity contribution in [1.29, 1.82) is 0 Å². The van der Waals surface area contributed by atoms with E-state index < -0.39 is 17.8 Å². The maximum atomic E-state index is 13.0. The average molecular weight is 525 g/mol. The van der Waals surface area contributed by atoms with Crippen LogP contribution >= 0.6 is 0 Å². The number of piperidine rings is 1. The molecule has 3 saturated heterocycles. The zero-order valence-corrected chi connectivity index (χ0v) is 21.3. The first kappa shape index (κ1) is 27.4. The number of halogens is 3. The highest BCUT2D eigenvalue weighted by Crippen LogP contribution is 2.31. The first-order chi connectivity index (χ1) is 17.6. The fraction of sp³-hybridized carbons (Fsp3) is 0.654. The van der Waals surface area contributed by atoms with E-state index in [0.29, 0.717) is 58.4 Å². The third-order valence-electron chi connectivity index (χ3n) is 8.09. The number of esters is 1. The largest absolute Gasteiger partial charge is 0.469 e. The van der Waals surface area contributed by atoms with Gasteiger partial charge in [-0.3, -0.25) is 24.2 Å². The molecule has 0 spiro atoms. The third-order valence-corrected chi connectivity index (χ3v) is 8.09. The van der Waals surface area contributed by atoms with Crippen molar-refractivity contribution < 1.29 is 32.3 Å². The Hall–Kier alpha value is -2.66. The molecule has 8 nitrogen and oxygen atoms in total. The number of nitrogens with zero attached hydrogens (tertiary/aromatic N) is 3. The molecule has 2 amide bonds. The minimum absolute atomic E-state index is 0.00141. The summed E-state index contributed by atoms with van der Waals surface area (Å²) in [6.45, 7) is 2.58. The van der Waals surface area contributed by atoms with E-state index in [-0.39, 0.29) is 35.8 Å². The fourth-order valence-corrected chi connectivity index (χ4v) is 5.84. The number of alkyl halides is 3. The zero-order valence-electron chi connectivity index (χ0n) is 21.3. The number of hydrogen-bond acceptors (Lipinski definition) is 6. The molecule has 3 aliphatic heterocycles. The molecule has 3 fully saturated rings. The maximum absolute atomic E-state index is 13.0. The second-order valence-corrected chi connectivity index (χ2v) is 10.2.